The quantitative estimate of drug-likeness (QED) is 0.288. The van der Waals surface area contributed by atoms with Crippen LogP contribution in [0.1, 0.15) is 6.92 Å². The third kappa shape index (κ3) is 60.5. The molecule has 7 heteroatoms. The number of rotatable bonds is 3. The molecule has 0 heterocycles. The van der Waals surface area contributed by atoms with E-state index in [0.29, 0.717) is 0 Å². The van der Waals surface area contributed by atoms with Gasteiger partial charge in [-0.3, -0.25) is 0 Å². The number of aliphatic hydroxyl groups is 6. The van der Waals surface area contributed by atoms with Crippen LogP contribution in [0.2, 0.25) is 0 Å². The molecule has 0 amide bonds. The van der Waals surface area contributed by atoms with Gasteiger partial charge < -0.3 is 36.1 Å². The van der Waals surface area contributed by atoms with Gasteiger partial charge in [-0.05, 0) is 6.92 Å². The number of aliphatic hydroxyl groups excluding tert-OH is 6. The fourth-order valence-electron chi connectivity index (χ4n) is 0.0577. The van der Waals surface area contributed by atoms with Crippen LogP contribution >= 0.6 is 0 Å². The molecule has 14 heavy (non-hydrogen) atoms. The lowest BCUT2D eigenvalue weighted by atomic mass is 10.4. The van der Waals surface area contributed by atoms with Crippen molar-refractivity contribution in [1.82, 2.24) is 0 Å². The summed E-state index contributed by atoms with van der Waals surface area (Å²) in [6.07, 6.45) is -0.954. The predicted molar refractivity (Wildman–Crippen MR) is 50.7 cm³/mol. The molecule has 0 unspecified atom stereocenters. The molecule has 0 saturated heterocycles. The van der Waals surface area contributed by atoms with E-state index in [-0.39, 0.29) is 38.5 Å². The summed E-state index contributed by atoms with van der Waals surface area (Å²) in [7, 11) is 0. The normalized spacial score (nSPS) is 7.71. The molecular formula is C7H22O7. The van der Waals surface area contributed by atoms with E-state index < -0.39 is 6.10 Å². The van der Waals surface area contributed by atoms with Gasteiger partial charge in [-0.25, -0.2) is 0 Å². The molecule has 0 rings (SSSR count). The molecular weight excluding hydrogens is 196 g/mol. The Labute approximate surface area is 83.2 Å². The van der Waals surface area contributed by atoms with Gasteiger partial charge in [0, 0.05) is 6.61 Å². The van der Waals surface area contributed by atoms with Crippen LogP contribution in [-0.4, -0.2) is 75.3 Å². The highest BCUT2D eigenvalue weighted by Gasteiger charge is 1.93. The maximum Gasteiger partial charge on any atom is 0.100 e. The summed E-state index contributed by atoms with van der Waals surface area (Å²) in [4.78, 5) is 0. The van der Waals surface area contributed by atoms with Crippen molar-refractivity contribution in [2.45, 2.75) is 13.0 Å². The number of hydrogen-bond acceptors (Lipinski definition) is 6. The molecule has 0 aliphatic rings. The molecule has 0 radical (unpaired) electrons. The fraction of sp³-hybridized carbons (Fsp3) is 1.00. The molecule has 0 saturated carbocycles. The molecule has 0 aromatic rings. The van der Waals surface area contributed by atoms with Crippen molar-refractivity contribution in [2.24, 2.45) is 0 Å². The third-order valence-electron chi connectivity index (χ3n) is 0.521. The maximum atomic E-state index is 8.17. The zero-order valence-electron chi connectivity index (χ0n) is 8.30. The summed E-state index contributed by atoms with van der Waals surface area (Å²) >= 11 is 0. The first-order chi connectivity index (χ1) is 6.14. The first-order valence-corrected chi connectivity index (χ1v) is 3.86. The van der Waals surface area contributed by atoms with E-state index >= 15 is 0 Å². The van der Waals surface area contributed by atoms with Gasteiger partial charge in [0.1, 0.15) is 6.10 Å². The van der Waals surface area contributed by atoms with Gasteiger partial charge in [-0.1, -0.05) is 0 Å². The Morgan fingerprint density at radius 2 is 1.07 bits per heavy atom. The Hall–Kier alpha value is -0.280. The van der Waals surface area contributed by atoms with Gasteiger partial charge in [-0.15, -0.1) is 0 Å². The lowest BCUT2D eigenvalue weighted by Gasteiger charge is -1.96. The Kier molecular flexibility index (Phi) is 49.2. The molecule has 0 aromatic carbocycles. The highest BCUT2D eigenvalue weighted by molar-refractivity contribution is 4.43. The summed E-state index contributed by atoms with van der Waals surface area (Å²) in [5.74, 6) is 0. The first kappa shape index (κ1) is 23.5. The van der Waals surface area contributed by atoms with Gasteiger partial charge in [0.25, 0.3) is 0 Å². The molecule has 0 atom stereocenters. The van der Waals surface area contributed by atoms with Crippen molar-refractivity contribution in [1.29, 1.82) is 0 Å². The Bertz CT molecular complexity index is 56.0. The zero-order valence-corrected chi connectivity index (χ0v) is 8.30. The van der Waals surface area contributed by atoms with Crippen molar-refractivity contribution < 1.29 is 36.1 Å². The van der Waals surface area contributed by atoms with Crippen LogP contribution in [-0.2, 0) is 0 Å². The SMILES string of the molecule is CCO.O.OCC(O)CO.OCCO. The largest absolute Gasteiger partial charge is 0.412 e. The molecule has 0 aliphatic carbocycles. The van der Waals surface area contributed by atoms with E-state index in [1.54, 1.807) is 6.92 Å². The van der Waals surface area contributed by atoms with E-state index in [4.69, 9.17) is 30.6 Å². The highest BCUT2D eigenvalue weighted by atomic mass is 16.3. The van der Waals surface area contributed by atoms with E-state index in [1.807, 2.05) is 0 Å². The maximum absolute atomic E-state index is 8.17. The van der Waals surface area contributed by atoms with E-state index in [2.05, 4.69) is 0 Å². The second-order valence-corrected chi connectivity index (χ2v) is 1.78. The van der Waals surface area contributed by atoms with Gasteiger partial charge in [0.05, 0.1) is 26.4 Å². The van der Waals surface area contributed by atoms with E-state index in [9.17, 15) is 0 Å². The summed E-state index contributed by atoms with van der Waals surface area (Å²) < 4.78 is 0. The monoisotopic (exact) mass is 218 g/mol. The van der Waals surface area contributed by atoms with E-state index in [1.165, 1.54) is 0 Å². The van der Waals surface area contributed by atoms with Gasteiger partial charge in [0.2, 0.25) is 0 Å². The van der Waals surface area contributed by atoms with Crippen LogP contribution in [0, 0.1) is 0 Å². The van der Waals surface area contributed by atoms with Crippen molar-refractivity contribution in [3.8, 4) is 0 Å². The van der Waals surface area contributed by atoms with Crippen LogP contribution in [0.15, 0.2) is 0 Å². The van der Waals surface area contributed by atoms with Gasteiger partial charge in [-0.2, -0.15) is 0 Å². The highest BCUT2D eigenvalue weighted by Crippen LogP contribution is 1.71. The van der Waals surface area contributed by atoms with Crippen molar-refractivity contribution in [3.05, 3.63) is 0 Å². The van der Waals surface area contributed by atoms with Crippen molar-refractivity contribution >= 4 is 0 Å². The summed E-state index contributed by atoms with van der Waals surface area (Å²) in [5.41, 5.74) is 0. The van der Waals surface area contributed by atoms with Crippen LogP contribution in [0.4, 0.5) is 0 Å². The molecule has 0 bridgehead atoms. The molecule has 0 aliphatic heterocycles. The predicted octanol–water partition coefficient (Wildman–Crippen LogP) is -3.52. The zero-order chi connectivity index (χ0) is 11.1. The lowest BCUT2D eigenvalue weighted by Crippen LogP contribution is -2.15. The molecule has 7 nitrogen and oxygen atoms in total. The Morgan fingerprint density at radius 3 is 1.07 bits per heavy atom. The second-order valence-electron chi connectivity index (χ2n) is 1.78. The standard InChI is InChI=1S/C3H8O3.C2H6O2.C2H6O.H2O/c4-1-3(6)2-5;3-1-2-4;1-2-3;/h3-6H,1-2H2;3-4H,1-2H2;3H,2H2,1H3;1H2. The minimum Gasteiger partial charge on any atom is -0.412 e. The summed E-state index contributed by atoms with van der Waals surface area (Å²) in [5, 5.41) is 46.8. The molecule has 0 aromatic heterocycles. The third-order valence-corrected chi connectivity index (χ3v) is 0.521. The smallest absolute Gasteiger partial charge is 0.100 e. The second kappa shape index (κ2) is 29.3. The topological polar surface area (TPSA) is 153 Å². The minimum atomic E-state index is -0.954. The summed E-state index contributed by atoms with van der Waals surface area (Å²) in [6, 6.07) is 0. The van der Waals surface area contributed by atoms with Crippen LogP contribution < -0.4 is 0 Å². The number of hydrogen-bond donors (Lipinski definition) is 6. The first-order valence-electron chi connectivity index (χ1n) is 3.86. The lowest BCUT2D eigenvalue weighted by molar-refractivity contribution is 0.0450. The minimum absolute atomic E-state index is 0. The molecule has 8 N–H and O–H groups in total. The summed E-state index contributed by atoms with van der Waals surface area (Å²) in [6.45, 7) is 0.951. The molecule has 0 fully saturated rings. The average Bonchev–Trinajstić information content (AvgIpc) is 2.18. The molecule has 92 valence electrons. The van der Waals surface area contributed by atoms with Crippen LogP contribution in [0.5, 0.6) is 0 Å². The van der Waals surface area contributed by atoms with Crippen molar-refractivity contribution in [3.63, 3.8) is 0 Å². The van der Waals surface area contributed by atoms with Crippen LogP contribution in [0.25, 0.3) is 0 Å². The average molecular weight is 218 g/mol. The van der Waals surface area contributed by atoms with E-state index in [0.717, 1.165) is 0 Å². The Morgan fingerprint density at radius 1 is 0.857 bits per heavy atom. The fourth-order valence-corrected chi connectivity index (χ4v) is 0.0577. The molecule has 0 spiro atoms. The van der Waals surface area contributed by atoms with Gasteiger partial charge in [0.15, 0.2) is 0 Å². The van der Waals surface area contributed by atoms with Crippen molar-refractivity contribution in [2.75, 3.05) is 33.0 Å². The Balaban J connectivity index is -0.0000000553. The van der Waals surface area contributed by atoms with Gasteiger partial charge >= 0.3 is 0 Å². The van der Waals surface area contributed by atoms with Crippen LogP contribution in [0.3, 0.4) is 0 Å².